The van der Waals surface area contributed by atoms with Gasteiger partial charge in [-0.1, -0.05) is 19.8 Å². The lowest BCUT2D eigenvalue weighted by molar-refractivity contribution is -0.384. The van der Waals surface area contributed by atoms with Gasteiger partial charge in [-0.3, -0.25) is 15.1 Å². The maximum atomic E-state index is 11.1. The topological polar surface area (TPSA) is 68.1 Å². The predicted molar refractivity (Wildman–Crippen MR) is 82.9 cm³/mol. The van der Waals surface area contributed by atoms with Gasteiger partial charge in [0.1, 0.15) is 11.9 Å². The van der Waals surface area contributed by atoms with Crippen LogP contribution in [0.4, 0.5) is 11.4 Å². The number of anilines is 1. The number of nitrogens with zero attached hydrogens (tertiary/aromatic N) is 2. The molecule has 0 radical (unpaired) electrons. The molecule has 0 spiro atoms. The van der Waals surface area contributed by atoms with Crippen LogP contribution >= 0.6 is 15.9 Å². The van der Waals surface area contributed by atoms with Crippen LogP contribution in [0.15, 0.2) is 16.9 Å². The Bertz CT molecular complexity index is 473. The van der Waals surface area contributed by atoms with Crippen molar-refractivity contribution in [1.29, 1.82) is 0 Å². The molecule has 1 aliphatic carbocycles. The first kappa shape index (κ1) is 15.2. The van der Waals surface area contributed by atoms with Crippen molar-refractivity contribution in [1.82, 2.24) is 4.98 Å². The van der Waals surface area contributed by atoms with Gasteiger partial charge in [0.15, 0.2) is 0 Å². The van der Waals surface area contributed by atoms with Crippen molar-refractivity contribution in [3.63, 3.8) is 0 Å². The maximum absolute atomic E-state index is 11.1. The Labute approximate surface area is 127 Å². The van der Waals surface area contributed by atoms with Crippen LogP contribution in [0.5, 0.6) is 0 Å². The van der Waals surface area contributed by atoms with Crippen LogP contribution in [-0.2, 0) is 0 Å². The number of nitro groups is 1. The Kier molecular flexibility index (Phi) is 5.34. The number of rotatable bonds is 5. The summed E-state index contributed by atoms with van der Waals surface area (Å²) in [4.78, 5) is 14.5. The Morgan fingerprint density at radius 2 is 2.10 bits per heavy atom. The van der Waals surface area contributed by atoms with E-state index in [0.717, 1.165) is 18.8 Å². The van der Waals surface area contributed by atoms with Crippen LogP contribution in [0.1, 0.15) is 45.4 Å². The molecule has 5 nitrogen and oxygen atoms in total. The van der Waals surface area contributed by atoms with E-state index < -0.39 is 0 Å². The van der Waals surface area contributed by atoms with Gasteiger partial charge >= 0.3 is 5.69 Å². The molecular weight excluding hydrogens is 322 g/mol. The van der Waals surface area contributed by atoms with E-state index in [1.165, 1.54) is 31.9 Å². The fourth-order valence-electron chi connectivity index (χ4n) is 2.91. The molecule has 1 saturated carbocycles. The molecule has 1 aromatic rings. The van der Waals surface area contributed by atoms with Crippen LogP contribution < -0.4 is 5.32 Å². The summed E-state index contributed by atoms with van der Waals surface area (Å²) >= 11 is 3.35. The van der Waals surface area contributed by atoms with Crippen molar-refractivity contribution in [2.24, 2.45) is 5.92 Å². The zero-order chi connectivity index (χ0) is 14.5. The second-order valence-corrected chi connectivity index (χ2v) is 6.28. The van der Waals surface area contributed by atoms with Crippen molar-refractivity contribution in [3.05, 3.63) is 27.0 Å². The third-order valence-corrected chi connectivity index (χ3v) is 4.57. The van der Waals surface area contributed by atoms with E-state index in [1.807, 2.05) is 0 Å². The van der Waals surface area contributed by atoms with Gasteiger partial charge in [-0.15, -0.1) is 0 Å². The smallest absolute Gasteiger partial charge is 0.311 e. The molecule has 6 heteroatoms. The highest BCUT2D eigenvalue weighted by molar-refractivity contribution is 9.10. The first-order chi connectivity index (χ1) is 9.61. The zero-order valence-electron chi connectivity index (χ0n) is 11.6. The van der Waals surface area contributed by atoms with E-state index in [9.17, 15) is 10.1 Å². The maximum Gasteiger partial charge on any atom is 0.311 e. The fraction of sp³-hybridized carbons (Fsp3) is 0.643. The van der Waals surface area contributed by atoms with Crippen molar-refractivity contribution in [2.45, 2.75) is 51.5 Å². The summed E-state index contributed by atoms with van der Waals surface area (Å²) in [6, 6.07) is 0.320. The lowest BCUT2D eigenvalue weighted by atomic mass is 9.83. The van der Waals surface area contributed by atoms with Gasteiger partial charge in [0, 0.05) is 12.2 Å². The van der Waals surface area contributed by atoms with Crippen molar-refractivity contribution in [3.8, 4) is 0 Å². The van der Waals surface area contributed by atoms with Gasteiger partial charge < -0.3 is 5.32 Å². The number of halogens is 1. The molecule has 110 valence electrons. The van der Waals surface area contributed by atoms with Gasteiger partial charge in [-0.05, 0) is 47.5 Å². The monoisotopic (exact) mass is 341 g/mol. The molecular formula is C14H20BrN3O2. The molecule has 2 rings (SSSR count). The van der Waals surface area contributed by atoms with E-state index in [-0.39, 0.29) is 10.6 Å². The third kappa shape index (κ3) is 3.69. The highest BCUT2D eigenvalue weighted by atomic mass is 79.9. The van der Waals surface area contributed by atoms with Crippen LogP contribution in [0.2, 0.25) is 0 Å². The Hall–Kier alpha value is -1.17. The summed E-state index contributed by atoms with van der Waals surface area (Å²) in [7, 11) is 0. The molecule has 0 saturated heterocycles. The summed E-state index contributed by atoms with van der Waals surface area (Å²) in [5.41, 5.74) is 0.596. The van der Waals surface area contributed by atoms with Crippen LogP contribution in [0.3, 0.4) is 0 Å². The number of aromatic nitrogens is 1. The molecule has 1 aliphatic rings. The van der Waals surface area contributed by atoms with Crippen LogP contribution in [-0.4, -0.2) is 15.9 Å². The summed E-state index contributed by atoms with van der Waals surface area (Å²) in [6.45, 7) is 2.22. The first-order valence-corrected chi connectivity index (χ1v) is 7.95. The van der Waals surface area contributed by atoms with Crippen molar-refractivity contribution in [2.75, 3.05) is 5.32 Å². The lowest BCUT2D eigenvalue weighted by Gasteiger charge is -2.29. The Balaban J connectivity index is 2.03. The molecule has 20 heavy (non-hydrogen) atoms. The van der Waals surface area contributed by atoms with E-state index in [0.29, 0.717) is 16.2 Å². The highest BCUT2D eigenvalue weighted by Crippen LogP contribution is 2.35. The van der Waals surface area contributed by atoms with Gasteiger partial charge in [0.05, 0.1) is 9.40 Å². The molecule has 1 aromatic heterocycles. The van der Waals surface area contributed by atoms with Crippen LogP contribution in [0.25, 0.3) is 0 Å². The number of pyridine rings is 1. The summed E-state index contributed by atoms with van der Waals surface area (Å²) < 4.78 is 0.655. The summed E-state index contributed by atoms with van der Waals surface area (Å²) in [5.74, 6) is 0.828. The molecule has 1 fully saturated rings. The van der Waals surface area contributed by atoms with E-state index in [1.54, 1.807) is 6.20 Å². The zero-order valence-corrected chi connectivity index (χ0v) is 13.2. The first-order valence-electron chi connectivity index (χ1n) is 7.16. The number of nitrogens with one attached hydrogen (secondary N) is 1. The molecule has 0 aliphatic heterocycles. The van der Waals surface area contributed by atoms with Gasteiger partial charge in [-0.25, -0.2) is 0 Å². The van der Waals surface area contributed by atoms with Crippen LogP contribution in [0, 0.1) is 16.0 Å². The second kappa shape index (κ2) is 7.02. The third-order valence-electron chi connectivity index (χ3n) is 3.97. The average Bonchev–Trinajstić information content (AvgIpc) is 2.43. The highest BCUT2D eigenvalue weighted by Gasteiger charge is 2.24. The minimum Gasteiger partial charge on any atom is -0.376 e. The van der Waals surface area contributed by atoms with Gasteiger partial charge in [-0.2, -0.15) is 0 Å². The molecule has 1 heterocycles. The predicted octanol–water partition coefficient (Wildman–Crippen LogP) is 4.52. The standard InChI is InChI=1S/C14H20BrN3O2/c1-2-3-10-4-6-11(7-5-10)17-14-12(15)8-16-9-13(14)18(19)20/h8-11H,2-7H2,1H3,(H,16,17). The van der Waals surface area contributed by atoms with E-state index in [4.69, 9.17) is 0 Å². The van der Waals surface area contributed by atoms with Gasteiger partial charge in [0.25, 0.3) is 0 Å². The number of hydrogen-bond donors (Lipinski definition) is 1. The summed E-state index contributed by atoms with van der Waals surface area (Å²) in [6.07, 6.45) is 10.0. The van der Waals surface area contributed by atoms with Gasteiger partial charge in [0.2, 0.25) is 0 Å². The summed E-state index contributed by atoms with van der Waals surface area (Å²) in [5, 5.41) is 14.4. The molecule has 0 aromatic carbocycles. The largest absolute Gasteiger partial charge is 0.376 e. The Morgan fingerprint density at radius 1 is 1.40 bits per heavy atom. The second-order valence-electron chi connectivity index (χ2n) is 5.42. The SMILES string of the molecule is CCCC1CCC(Nc2c(Br)cncc2[N+](=O)[O-])CC1. The molecule has 0 unspecified atom stereocenters. The normalized spacial score (nSPS) is 22.5. The average molecular weight is 342 g/mol. The fourth-order valence-corrected chi connectivity index (χ4v) is 3.35. The minimum atomic E-state index is -0.386. The van der Waals surface area contributed by atoms with E-state index >= 15 is 0 Å². The van der Waals surface area contributed by atoms with Crippen molar-refractivity contribution >= 4 is 27.3 Å². The molecule has 0 atom stereocenters. The lowest BCUT2D eigenvalue weighted by Crippen LogP contribution is -2.26. The Morgan fingerprint density at radius 3 is 2.70 bits per heavy atom. The quantitative estimate of drug-likeness (QED) is 0.631. The minimum absolute atomic E-state index is 0.0371. The molecule has 1 N–H and O–H groups in total. The van der Waals surface area contributed by atoms with E-state index in [2.05, 4.69) is 33.2 Å². The number of hydrogen-bond acceptors (Lipinski definition) is 4. The molecule has 0 amide bonds. The molecule has 0 bridgehead atoms. The van der Waals surface area contributed by atoms with Crippen molar-refractivity contribution < 1.29 is 4.92 Å².